The zero-order valence-corrected chi connectivity index (χ0v) is 23.2. The van der Waals surface area contributed by atoms with Crippen molar-refractivity contribution in [3.8, 4) is 5.75 Å². The first kappa shape index (κ1) is 30.6. The molecule has 2 atom stereocenters. The second-order valence-corrected chi connectivity index (χ2v) is 12.2. The highest BCUT2D eigenvalue weighted by Crippen LogP contribution is 2.50. The fourth-order valence-electron chi connectivity index (χ4n) is 3.70. The number of unbranched alkanes of at least 4 members (excludes halogenated alkanes) is 13. The summed E-state index contributed by atoms with van der Waals surface area (Å²) in [4.78, 5) is 0. The third kappa shape index (κ3) is 17.6. The molecular weight excluding hydrogens is 451 g/mol. The molecule has 0 aliphatic rings. The molecule has 192 valence electrons. The van der Waals surface area contributed by atoms with Gasteiger partial charge in [0.25, 0.3) is 0 Å². The minimum atomic E-state index is -3.62. The molecule has 1 aromatic rings. The maximum absolute atomic E-state index is 13.1. The van der Waals surface area contributed by atoms with E-state index in [1.807, 2.05) is 18.2 Å². The van der Waals surface area contributed by atoms with Crippen LogP contribution in [0.2, 0.25) is 0 Å². The van der Waals surface area contributed by atoms with Gasteiger partial charge in [0.15, 0.2) is 0 Å². The molecule has 0 saturated heterocycles. The molecule has 2 unspecified atom stereocenters. The Morgan fingerprint density at radius 2 is 1.27 bits per heavy atom. The Labute approximate surface area is 208 Å². The quantitative estimate of drug-likeness (QED) is 0.110. The van der Waals surface area contributed by atoms with Crippen molar-refractivity contribution in [3.63, 3.8) is 0 Å². The molecule has 0 N–H and O–H groups in total. The number of benzene rings is 1. The highest BCUT2D eigenvalue weighted by atomic mass is 32.2. The lowest BCUT2D eigenvalue weighted by atomic mass is 10.0. The predicted octanol–water partition coefficient (Wildman–Crippen LogP) is 9.83. The Bertz CT molecular complexity index is 599. The van der Waals surface area contributed by atoms with Crippen LogP contribution in [0.25, 0.3) is 0 Å². The Kier molecular flexibility index (Phi) is 19.3. The van der Waals surface area contributed by atoms with Crippen LogP contribution in [0, 0.1) is 0 Å². The first-order valence-corrected chi connectivity index (χ1v) is 15.9. The fraction of sp³-hybridized carbons (Fsp3) is 0.778. The average molecular weight is 501 g/mol. The van der Waals surface area contributed by atoms with Crippen LogP contribution in [-0.2, 0) is 13.6 Å². The van der Waals surface area contributed by atoms with Crippen molar-refractivity contribution in [3.05, 3.63) is 30.3 Å². The van der Waals surface area contributed by atoms with E-state index >= 15 is 0 Å². The van der Waals surface area contributed by atoms with Gasteiger partial charge in [-0.05, 0) is 24.3 Å². The van der Waals surface area contributed by atoms with E-state index in [1.54, 1.807) is 23.9 Å². The van der Waals surface area contributed by atoms with Gasteiger partial charge in [-0.2, -0.15) is 11.8 Å². The van der Waals surface area contributed by atoms with Gasteiger partial charge in [0.05, 0.1) is 13.2 Å². The van der Waals surface area contributed by atoms with Gasteiger partial charge in [-0.3, -0.25) is 9.05 Å². The largest absolute Gasteiger partial charge is 0.530 e. The van der Waals surface area contributed by atoms with Crippen molar-refractivity contribution in [2.24, 2.45) is 0 Å². The number of phosphoric acid groups is 1. The van der Waals surface area contributed by atoms with Gasteiger partial charge in [0.2, 0.25) is 0 Å². The summed E-state index contributed by atoms with van der Waals surface area (Å²) in [7, 11) is -3.62. The topological polar surface area (TPSA) is 44.8 Å². The normalized spacial score (nSPS) is 14.2. The molecule has 0 aliphatic heterocycles. The van der Waals surface area contributed by atoms with Crippen LogP contribution in [-0.4, -0.2) is 24.2 Å². The lowest BCUT2D eigenvalue weighted by molar-refractivity contribution is 0.154. The Morgan fingerprint density at radius 3 is 1.79 bits per heavy atom. The zero-order chi connectivity index (χ0) is 24.0. The monoisotopic (exact) mass is 500 g/mol. The summed E-state index contributed by atoms with van der Waals surface area (Å²) >= 11 is 1.77. The number of hydrogen-bond donors (Lipinski definition) is 0. The summed E-state index contributed by atoms with van der Waals surface area (Å²) < 4.78 is 30.1. The minimum absolute atomic E-state index is 0.243. The molecule has 33 heavy (non-hydrogen) atoms. The lowest BCUT2D eigenvalue weighted by Crippen LogP contribution is -2.11. The van der Waals surface area contributed by atoms with Crippen LogP contribution in [0.3, 0.4) is 0 Å². The molecule has 1 rings (SSSR count). The summed E-state index contributed by atoms with van der Waals surface area (Å²) in [5.41, 5.74) is 0. The third-order valence-electron chi connectivity index (χ3n) is 5.63. The molecule has 0 saturated carbocycles. The number of para-hydroxylation sites is 1. The first-order valence-electron chi connectivity index (χ1n) is 13.3. The van der Waals surface area contributed by atoms with E-state index in [1.165, 1.54) is 77.0 Å². The minimum Gasteiger partial charge on any atom is -0.404 e. The average Bonchev–Trinajstić information content (AvgIpc) is 2.81. The molecule has 0 radical (unpaired) electrons. The Balaban J connectivity index is 2.14. The molecule has 6 heteroatoms. The lowest BCUT2D eigenvalue weighted by Gasteiger charge is -2.20. The maximum atomic E-state index is 13.1. The first-order chi connectivity index (χ1) is 16.1. The van der Waals surface area contributed by atoms with E-state index in [-0.39, 0.29) is 5.25 Å². The van der Waals surface area contributed by atoms with Gasteiger partial charge in [-0.15, -0.1) is 0 Å². The third-order valence-corrected chi connectivity index (χ3v) is 8.06. The second-order valence-electron chi connectivity index (χ2n) is 8.84. The van der Waals surface area contributed by atoms with Crippen LogP contribution in [0.15, 0.2) is 30.3 Å². The zero-order valence-electron chi connectivity index (χ0n) is 21.5. The summed E-state index contributed by atoms with van der Waals surface area (Å²) in [5.74, 6) is 1.51. The second kappa shape index (κ2) is 20.9. The Hall–Kier alpha value is -0.480. The van der Waals surface area contributed by atoms with Crippen LogP contribution < -0.4 is 4.52 Å². The smallest absolute Gasteiger partial charge is 0.404 e. The number of hydrogen-bond acceptors (Lipinski definition) is 5. The Morgan fingerprint density at radius 1 is 0.758 bits per heavy atom. The summed E-state index contributed by atoms with van der Waals surface area (Å²) in [6.45, 7) is 7.19. The summed E-state index contributed by atoms with van der Waals surface area (Å²) in [6.07, 6.45) is 18.3. The van der Waals surface area contributed by atoms with Crippen LogP contribution in [0.4, 0.5) is 0 Å². The van der Waals surface area contributed by atoms with Crippen LogP contribution >= 0.6 is 19.6 Å². The van der Waals surface area contributed by atoms with E-state index < -0.39 is 7.82 Å². The number of thioether (sulfide) groups is 1. The maximum Gasteiger partial charge on any atom is 0.530 e. The van der Waals surface area contributed by atoms with Crippen molar-refractivity contribution in [1.29, 1.82) is 0 Å². The highest BCUT2D eigenvalue weighted by Gasteiger charge is 2.29. The molecule has 0 aliphatic carbocycles. The fourth-order valence-corrected chi connectivity index (χ4v) is 5.86. The molecule has 0 heterocycles. The van der Waals surface area contributed by atoms with Gasteiger partial charge in [-0.1, -0.05) is 122 Å². The van der Waals surface area contributed by atoms with Gasteiger partial charge in [0.1, 0.15) is 5.75 Å². The highest BCUT2D eigenvalue weighted by molar-refractivity contribution is 7.99. The van der Waals surface area contributed by atoms with Gasteiger partial charge in [0, 0.05) is 5.25 Å². The molecule has 0 aromatic heterocycles. The van der Waals surface area contributed by atoms with E-state index in [4.69, 9.17) is 13.6 Å². The standard InChI is InChI=1S/C27H49O4PS/c1-4-6-7-8-9-10-11-12-13-14-15-16-17-21-24-29-32(28,30-25-26(3)33-5-2)31-27-22-19-18-20-23-27/h18-20,22-23,26H,4-17,21,24-25H2,1-3H3. The predicted molar refractivity (Wildman–Crippen MR) is 144 cm³/mol. The molecule has 1 aromatic carbocycles. The van der Waals surface area contributed by atoms with Crippen molar-refractivity contribution < 1.29 is 18.1 Å². The van der Waals surface area contributed by atoms with Crippen molar-refractivity contribution >= 4 is 19.6 Å². The van der Waals surface area contributed by atoms with Gasteiger partial charge in [-0.25, -0.2) is 4.57 Å². The summed E-state index contributed by atoms with van der Waals surface area (Å²) in [6, 6.07) is 9.14. The van der Waals surface area contributed by atoms with Gasteiger partial charge >= 0.3 is 7.82 Å². The molecule has 0 fully saturated rings. The van der Waals surface area contributed by atoms with Crippen LogP contribution in [0.1, 0.15) is 111 Å². The molecule has 4 nitrogen and oxygen atoms in total. The molecule has 0 amide bonds. The molecule has 0 spiro atoms. The number of phosphoric ester groups is 1. The SMILES string of the molecule is CCCCCCCCCCCCCCCCOP(=O)(OCC(C)SCC)Oc1ccccc1. The summed E-state index contributed by atoms with van der Waals surface area (Å²) in [5, 5.41) is 0.243. The molecule has 0 bridgehead atoms. The van der Waals surface area contributed by atoms with Crippen LogP contribution in [0.5, 0.6) is 5.75 Å². The van der Waals surface area contributed by atoms with Crippen molar-refractivity contribution in [2.45, 2.75) is 116 Å². The molecular formula is C27H49O4PS. The van der Waals surface area contributed by atoms with E-state index in [0.29, 0.717) is 19.0 Å². The van der Waals surface area contributed by atoms with E-state index in [9.17, 15) is 4.57 Å². The van der Waals surface area contributed by atoms with E-state index in [2.05, 4.69) is 20.8 Å². The van der Waals surface area contributed by atoms with Crippen molar-refractivity contribution in [2.75, 3.05) is 19.0 Å². The van der Waals surface area contributed by atoms with E-state index in [0.717, 1.165) is 18.6 Å². The van der Waals surface area contributed by atoms with Crippen molar-refractivity contribution in [1.82, 2.24) is 0 Å². The number of rotatable bonds is 23. The van der Waals surface area contributed by atoms with Gasteiger partial charge < -0.3 is 4.52 Å².